The number of methoxy groups -OCH3 is 1. The summed E-state index contributed by atoms with van der Waals surface area (Å²) >= 11 is 0. The second-order valence-electron chi connectivity index (χ2n) is 6.38. The van der Waals surface area contributed by atoms with E-state index in [0.29, 0.717) is 12.6 Å². The molecule has 1 atom stereocenters. The molecule has 0 aliphatic heterocycles. The quantitative estimate of drug-likeness (QED) is 0.829. The van der Waals surface area contributed by atoms with Crippen molar-refractivity contribution in [3.05, 3.63) is 53.5 Å². The van der Waals surface area contributed by atoms with Crippen molar-refractivity contribution in [1.29, 1.82) is 0 Å². The molecular weight excluding hydrogens is 286 g/mol. The Morgan fingerprint density at radius 3 is 2.65 bits per heavy atom. The standard InChI is InChI=1S/C19H25N3O/c1-14-11-18(22-19(20-14)13-23-2)21-17(12-15-7-6-8-15)16-9-4-3-5-10-16/h3-5,9-11,15,17H,6-8,12-13H2,1-2H3,(H,20,21,22). The van der Waals surface area contributed by atoms with E-state index in [1.807, 2.05) is 13.0 Å². The summed E-state index contributed by atoms with van der Waals surface area (Å²) < 4.78 is 5.17. The number of benzene rings is 1. The zero-order valence-electron chi connectivity index (χ0n) is 14.0. The van der Waals surface area contributed by atoms with E-state index in [-0.39, 0.29) is 0 Å². The van der Waals surface area contributed by atoms with Crippen LogP contribution in [0, 0.1) is 12.8 Å². The van der Waals surface area contributed by atoms with Crippen LogP contribution in [-0.4, -0.2) is 17.1 Å². The highest BCUT2D eigenvalue weighted by Gasteiger charge is 2.23. The fraction of sp³-hybridized carbons (Fsp3) is 0.474. The molecule has 23 heavy (non-hydrogen) atoms. The van der Waals surface area contributed by atoms with Gasteiger partial charge in [0, 0.05) is 18.9 Å². The number of nitrogens with one attached hydrogen (secondary N) is 1. The molecule has 1 aromatic carbocycles. The van der Waals surface area contributed by atoms with E-state index in [2.05, 4.69) is 45.6 Å². The third kappa shape index (κ3) is 4.29. The Bertz CT molecular complexity index is 626. The van der Waals surface area contributed by atoms with Gasteiger partial charge >= 0.3 is 0 Å². The average Bonchev–Trinajstić information content (AvgIpc) is 2.50. The number of hydrogen-bond acceptors (Lipinski definition) is 4. The van der Waals surface area contributed by atoms with Gasteiger partial charge in [-0.25, -0.2) is 9.97 Å². The maximum Gasteiger partial charge on any atom is 0.156 e. The Morgan fingerprint density at radius 1 is 1.22 bits per heavy atom. The molecule has 0 amide bonds. The normalized spacial score (nSPS) is 15.9. The first-order valence-electron chi connectivity index (χ1n) is 8.39. The minimum Gasteiger partial charge on any atom is -0.377 e. The van der Waals surface area contributed by atoms with Gasteiger partial charge in [0.25, 0.3) is 0 Å². The van der Waals surface area contributed by atoms with Crippen molar-refractivity contribution in [3.8, 4) is 0 Å². The number of aromatic nitrogens is 2. The second kappa shape index (κ2) is 7.55. The molecule has 4 nitrogen and oxygen atoms in total. The van der Waals surface area contributed by atoms with Crippen molar-refractivity contribution in [2.45, 2.75) is 45.3 Å². The van der Waals surface area contributed by atoms with Crippen LogP contribution in [0.4, 0.5) is 5.82 Å². The Morgan fingerprint density at radius 2 is 2.00 bits per heavy atom. The van der Waals surface area contributed by atoms with Gasteiger partial charge in [0.15, 0.2) is 5.82 Å². The van der Waals surface area contributed by atoms with Crippen LogP contribution in [0.2, 0.25) is 0 Å². The molecule has 1 aliphatic rings. The Hall–Kier alpha value is -1.94. The highest BCUT2D eigenvalue weighted by atomic mass is 16.5. The summed E-state index contributed by atoms with van der Waals surface area (Å²) in [5.74, 6) is 2.44. The molecule has 1 aromatic heterocycles. The van der Waals surface area contributed by atoms with Crippen LogP contribution >= 0.6 is 0 Å². The minimum absolute atomic E-state index is 0.297. The largest absolute Gasteiger partial charge is 0.377 e. The first-order valence-corrected chi connectivity index (χ1v) is 8.39. The predicted octanol–water partition coefficient (Wildman–Crippen LogP) is 4.27. The van der Waals surface area contributed by atoms with Gasteiger partial charge in [0.05, 0.1) is 6.04 Å². The molecule has 1 aliphatic carbocycles. The van der Waals surface area contributed by atoms with E-state index in [1.165, 1.54) is 24.8 Å². The maximum atomic E-state index is 5.17. The summed E-state index contributed by atoms with van der Waals surface area (Å²) in [6, 6.07) is 13.0. The molecule has 1 heterocycles. The van der Waals surface area contributed by atoms with Crippen LogP contribution in [0.25, 0.3) is 0 Å². The Balaban J connectivity index is 1.80. The van der Waals surface area contributed by atoms with E-state index >= 15 is 0 Å². The average molecular weight is 311 g/mol. The second-order valence-corrected chi connectivity index (χ2v) is 6.38. The van der Waals surface area contributed by atoms with Crippen molar-refractivity contribution in [2.24, 2.45) is 5.92 Å². The third-order valence-corrected chi connectivity index (χ3v) is 4.49. The van der Waals surface area contributed by atoms with E-state index < -0.39 is 0 Å². The van der Waals surface area contributed by atoms with Gasteiger partial charge in [-0.05, 0) is 24.8 Å². The molecule has 2 aromatic rings. The topological polar surface area (TPSA) is 47.0 Å². The lowest BCUT2D eigenvalue weighted by molar-refractivity contribution is 0.177. The summed E-state index contributed by atoms with van der Waals surface area (Å²) in [7, 11) is 1.67. The first-order chi connectivity index (χ1) is 11.2. The monoisotopic (exact) mass is 311 g/mol. The molecular formula is C19H25N3O. The number of anilines is 1. The van der Waals surface area contributed by atoms with Crippen LogP contribution in [0.3, 0.4) is 0 Å². The molecule has 1 fully saturated rings. The summed E-state index contributed by atoms with van der Waals surface area (Å²) in [5.41, 5.74) is 2.29. The Kier molecular flexibility index (Phi) is 5.23. The zero-order valence-corrected chi connectivity index (χ0v) is 14.0. The Labute approximate surface area is 138 Å². The molecule has 1 N–H and O–H groups in total. The van der Waals surface area contributed by atoms with Crippen LogP contribution in [0.5, 0.6) is 0 Å². The van der Waals surface area contributed by atoms with Crippen LogP contribution in [0.15, 0.2) is 36.4 Å². The van der Waals surface area contributed by atoms with Gasteiger partial charge in [-0.3, -0.25) is 0 Å². The summed E-state index contributed by atoms with van der Waals surface area (Å²) in [4.78, 5) is 9.01. The maximum absolute atomic E-state index is 5.17. The summed E-state index contributed by atoms with van der Waals surface area (Å²) in [6.07, 6.45) is 5.23. The molecule has 4 heteroatoms. The van der Waals surface area contributed by atoms with Crippen molar-refractivity contribution in [3.63, 3.8) is 0 Å². The molecule has 3 rings (SSSR count). The highest BCUT2D eigenvalue weighted by molar-refractivity contribution is 5.39. The number of aryl methyl sites for hydroxylation is 1. The number of nitrogens with zero attached hydrogens (tertiary/aromatic N) is 2. The van der Waals surface area contributed by atoms with Crippen LogP contribution < -0.4 is 5.32 Å². The van der Waals surface area contributed by atoms with E-state index in [9.17, 15) is 0 Å². The fourth-order valence-corrected chi connectivity index (χ4v) is 3.10. The fourth-order valence-electron chi connectivity index (χ4n) is 3.10. The van der Waals surface area contributed by atoms with Crippen molar-refractivity contribution >= 4 is 5.82 Å². The summed E-state index contributed by atoms with van der Waals surface area (Å²) in [6.45, 7) is 2.43. The molecule has 1 unspecified atom stereocenters. The molecule has 0 saturated heterocycles. The van der Waals surface area contributed by atoms with Crippen molar-refractivity contribution in [2.75, 3.05) is 12.4 Å². The number of rotatable bonds is 7. The zero-order chi connectivity index (χ0) is 16.1. The van der Waals surface area contributed by atoms with Gasteiger partial charge in [-0.15, -0.1) is 0 Å². The molecule has 0 radical (unpaired) electrons. The van der Waals surface area contributed by atoms with Crippen LogP contribution in [0.1, 0.15) is 48.8 Å². The molecule has 0 bridgehead atoms. The molecule has 0 spiro atoms. The lowest BCUT2D eigenvalue weighted by atomic mass is 9.79. The highest BCUT2D eigenvalue weighted by Crippen LogP contribution is 2.36. The van der Waals surface area contributed by atoms with Crippen molar-refractivity contribution < 1.29 is 4.74 Å². The number of ether oxygens (including phenoxy) is 1. The lowest BCUT2D eigenvalue weighted by Gasteiger charge is -2.30. The predicted molar refractivity (Wildman–Crippen MR) is 92.2 cm³/mol. The van der Waals surface area contributed by atoms with Gasteiger partial charge in [-0.1, -0.05) is 49.6 Å². The van der Waals surface area contributed by atoms with E-state index in [4.69, 9.17) is 4.74 Å². The SMILES string of the molecule is COCc1nc(C)cc(NC(CC2CCC2)c2ccccc2)n1. The van der Waals surface area contributed by atoms with E-state index in [0.717, 1.165) is 29.7 Å². The molecule has 1 saturated carbocycles. The number of hydrogen-bond donors (Lipinski definition) is 1. The lowest BCUT2D eigenvalue weighted by Crippen LogP contribution is -2.20. The van der Waals surface area contributed by atoms with Crippen LogP contribution in [-0.2, 0) is 11.3 Å². The van der Waals surface area contributed by atoms with Gasteiger partial charge in [-0.2, -0.15) is 0 Å². The van der Waals surface area contributed by atoms with Gasteiger partial charge in [0.2, 0.25) is 0 Å². The van der Waals surface area contributed by atoms with Gasteiger partial charge in [0.1, 0.15) is 12.4 Å². The summed E-state index contributed by atoms with van der Waals surface area (Å²) in [5, 5.41) is 3.63. The van der Waals surface area contributed by atoms with Gasteiger partial charge < -0.3 is 10.1 Å². The molecule has 122 valence electrons. The first kappa shape index (κ1) is 15.9. The minimum atomic E-state index is 0.297. The van der Waals surface area contributed by atoms with Crippen molar-refractivity contribution in [1.82, 2.24) is 9.97 Å². The third-order valence-electron chi connectivity index (χ3n) is 4.49. The smallest absolute Gasteiger partial charge is 0.156 e. The van der Waals surface area contributed by atoms with E-state index in [1.54, 1.807) is 7.11 Å².